The third-order valence-corrected chi connectivity index (χ3v) is 11.2. The molecule has 10 aromatic rings. The first kappa shape index (κ1) is 28.0. The third-order valence-electron chi connectivity index (χ3n) is 10.1. The van der Waals surface area contributed by atoms with E-state index >= 15 is 0 Å². The first-order valence-corrected chi connectivity index (χ1v) is 16.6. The van der Waals surface area contributed by atoms with Gasteiger partial charge in [0.05, 0.1) is 5.65 Å². The Labute approximate surface area is 293 Å². The van der Waals surface area contributed by atoms with Crippen LogP contribution in [-0.4, -0.2) is 18.9 Å². The van der Waals surface area contributed by atoms with Crippen molar-refractivity contribution < 1.29 is 25.8 Å². The number of hydrogen-bond donors (Lipinski definition) is 0. The van der Waals surface area contributed by atoms with Crippen molar-refractivity contribution >= 4 is 80.6 Å². The van der Waals surface area contributed by atoms with Crippen molar-refractivity contribution in [1.82, 2.24) is 18.9 Å². The van der Waals surface area contributed by atoms with Gasteiger partial charge < -0.3 is 13.7 Å². The van der Waals surface area contributed by atoms with Crippen molar-refractivity contribution in [3.8, 4) is 17.3 Å². The van der Waals surface area contributed by atoms with Crippen molar-refractivity contribution in [3.05, 3.63) is 133 Å². The molecule has 6 heterocycles. The molecule has 5 aromatic carbocycles. The number of nitrogens with zero attached hydrogens (tertiary/aromatic N) is 4. The van der Waals surface area contributed by atoms with E-state index < -0.39 is 0 Å². The van der Waals surface area contributed by atoms with Crippen LogP contribution in [0.15, 0.2) is 110 Å². The van der Waals surface area contributed by atoms with Crippen LogP contribution in [0, 0.1) is 12.1 Å². The van der Waals surface area contributed by atoms with E-state index in [2.05, 4.69) is 114 Å². The number of thiophene rings is 1. The van der Waals surface area contributed by atoms with Crippen molar-refractivity contribution in [3.63, 3.8) is 0 Å². The second kappa shape index (κ2) is 9.76. The molecule has 5 nitrogen and oxygen atoms in total. The summed E-state index contributed by atoms with van der Waals surface area (Å²) in [4.78, 5) is 9.69. The molecule has 48 heavy (non-hydrogen) atoms. The van der Waals surface area contributed by atoms with Gasteiger partial charge in [0.1, 0.15) is 5.82 Å². The zero-order chi connectivity index (χ0) is 31.0. The molecule has 0 bridgehead atoms. The van der Waals surface area contributed by atoms with Gasteiger partial charge in [-0.15, -0.1) is 41.0 Å². The SMILES string of the molecule is CC1(C)c2cccnc2-n2c3[c-]c(Oc4[c-]c5c(cc4)c4ccc6sc7ccccc7c6c4n4ccnc54)ccc3c3cccc1c32.[Pt+2]. The smallest absolute Gasteiger partial charge is 0.503 e. The fourth-order valence-electron chi connectivity index (χ4n) is 7.94. The predicted octanol–water partition coefficient (Wildman–Crippen LogP) is 10.5. The van der Waals surface area contributed by atoms with Gasteiger partial charge in [-0.2, -0.15) is 6.07 Å². The van der Waals surface area contributed by atoms with Crippen LogP contribution in [-0.2, 0) is 26.5 Å². The molecule has 0 atom stereocenters. The maximum atomic E-state index is 6.54. The zero-order valence-electron chi connectivity index (χ0n) is 25.8. The molecule has 11 rings (SSSR count). The summed E-state index contributed by atoms with van der Waals surface area (Å²) in [6.45, 7) is 4.56. The monoisotopic (exact) mass is 815 g/mol. The van der Waals surface area contributed by atoms with E-state index in [0.29, 0.717) is 11.5 Å². The first-order valence-electron chi connectivity index (χ1n) is 15.7. The van der Waals surface area contributed by atoms with Crippen molar-refractivity contribution in [2.24, 2.45) is 0 Å². The van der Waals surface area contributed by atoms with Crippen molar-refractivity contribution in [2.45, 2.75) is 19.3 Å². The summed E-state index contributed by atoms with van der Waals surface area (Å²) in [5.41, 5.74) is 6.49. The van der Waals surface area contributed by atoms with Gasteiger partial charge in [-0.25, -0.2) is 4.98 Å². The largest absolute Gasteiger partial charge is 2.00 e. The molecule has 1 aliphatic rings. The fourth-order valence-corrected chi connectivity index (χ4v) is 9.05. The molecule has 7 heteroatoms. The molecular weight excluding hydrogens is 792 g/mol. The number of benzene rings is 5. The molecule has 0 saturated heterocycles. The molecule has 0 fully saturated rings. The molecule has 0 radical (unpaired) electrons. The minimum absolute atomic E-state index is 0. The molecule has 230 valence electrons. The van der Waals surface area contributed by atoms with E-state index in [1.54, 1.807) is 0 Å². The van der Waals surface area contributed by atoms with Gasteiger partial charge in [0.2, 0.25) is 0 Å². The van der Waals surface area contributed by atoms with Crippen LogP contribution in [0.5, 0.6) is 11.5 Å². The predicted molar refractivity (Wildman–Crippen MR) is 192 cm³/mol. The van der Waals surface area contributed by atoms with E-state index in [-0.39, 0.29) is 26.5 Å². The molecule has 0 N–H and O–H groups in total. The molecule has 0 unspecified atom stereocenters. The Kier molecular flexibility index (Phi) is 5.70. The quantitative estimate of drug-likeness (QED) is 0.129. The van der Waals surface area contributed by atoms with Gasteiger partial charge >= 0.3 is 21.1 Å². The summed E-state index contributed by atoms with van der Waals surface area (Å²) in [5, 5.41) is 8.06. The van der Waals surface area contributed by atoms with Crippen LogP contribution in [0.1, 0.15) is 25.0 Å². The number of rotatable bonds is 2. The summed E-state index contributed by atoms with van der Waals surface area (Å²) in [6.07, 6.45) is 5.79. The van der Waals surface area contributed by atoms with E-state index in [1.165, 1.54) is 53.1 Å². The number of ether oxygens (including phenoxy) is 1. The number of imidazole rings is 1. The average Bonchev–Trinajstić information content (AvgIpc) is 3.82. The van der Waals surface area contributed by atoms with Crippen molar-refractivity contribution in [2.75, 3.05) is 0 Å². The Morgan fingerprint density at radius 3 is 2.35 bits per heavy atom. The summed E-state index contributed by atoms with van der Waals surface area (Å²) in [6, 6.07) is 39.4. The Bertz CT molecular complexity index is 2990. The first-order chi connectivity index (χ1) is 23.1. The minimum Gasteiger partial charge on any atom is -0.503 e. The molecular formula is C41H24N4OPtS. The van der Waals surface area contributed by atoms with Crippen LogP contribution in [0.2, 0.25) is 0 Å². The molecule has 0 aliphatic carbocycles. The van der Waals surface area contributed by atoms with Crippen LogP contribution in [0.3, 0.4) is 0 Å². The molecule has 0 saturated carbocycles. The van der Waals surface area contributed by atoms with Crippen LogP contribution in [0.4, 0.5) is 0 Å². The Balaban J connectivity index is 0.00000295. The van der Waals surface area contributed by atoms with Gasteiger partial charge in [-0.3, -0.25) is 4.98 Å². The maximum absolute atomic E-state index is 6.54. The molecule has 1 aliphatic heterocycles. The summed E-state index contributed by atoms with van der Waals surface area (Å²) in [7, 11) is 0. The number of para-hydroxylation sites is 1. The van der Waals surface area contributed by atoms with E-state index in [9.17, 15) is 0 Å². The zero-order valence-corrected chi connectivity index (χ0v) is 28.9. The molecule has 5 aromatic heterocycles. The fraction of sp³-hybridized carbons (Fsp3) is 0.0732. The molecule has 0 spiro atoms. The average molecular weight is 816 g/mol. The van der Waals surface area contributed by atoms with Gasteiger partial charge in [-0.1, -0.05) is 84.7 Å². The maximum Gasteiger partial charge on any atom is 2.00 e. The van der Waals surface area contributed by atoms with Crippen molar-refractivity contribution in [1.29, 1.82) is 0 Å². The van der Waals surface area contributed by atoms with E-state index in [4.69, 9.17) is 14.7 Å². The standard InChI is InChI=1S/C41H24N4OS.Pt/c1-41(2)31-9-5-8-27-26-15-13-24(22-33(26)45(37(27)31)40-32(41)10-6-18-42-40)46-23-12-14-25-28-16-17-35-36(29-7-3-4-11-34(29)47-35)38(28)44-20-19-43-39(44)30(25)21-23;/h3-20H,1-2H3;/q-2;+2. The third kappa shape index (κ3) is 3.54. The Hall–Kier alpha value is -5.03. The Morgan fingerprint density at radius 1 is 0.667 bits per heavy atom. The summed E-state index contributed by atoms with van der Waals surface area (Å²) in [5.74, 6) is 2.19. The number of hydrogen-bond acceptors (Lipinski definition) is 4. The van der Waals surface area contributed by atoms with Gasteiger partial charge in [-0.05, 0) is 34.5 Å². The van der Waals surface area contributed by atoms with Crippen LogP contribution < -0.4 is 4.74 Å². The molecule has 0 amide bonds. The van der Waals surface area contributed by atoms with Crippen LogP contribution in [0.25, 0.3) is 75.1 Å². The number of fused-ring (bicyclic) bond motifs is 15. The topological polar surface area (TPSA) is 44.4 Å². The van der Waals surface area contributed by atoms with Gasteiger partial charge in [0.25, 0.3) is 0 Å². The van der Waals surface area contributed by atoms with Crippen LogP contribution >= 0.6 is 11.3 Å². The summed E-state index contributed by atoms with van der Waals surface area (Å²) < 4.78 is 13.6. The van der Waals surface area contributed by atoms with E-state index in [0.717, 1.165) is 33.1 Å². The minimum atomic E-state index is -0.169. The van der Waals surface area contributed by atoms with E-state index in [1.807, 2.05) is 41.9 Å². The number of aromatic nitrogens is 4. The second-order valence-corrected chi connectivity index (χ2v) is 14.0. The van der Waals surface area contributed by atoms with Gasteiger partial charge in [0.15, 0.2) is 0 Å². The Morgan fingerprint density at radius 2 is 1.44 bits per heavy atom. The van der Waals surface area contributed by atoms with Gasteiger partial charge in [0, 0.05) is 72.3 Å². The second-order valence-electron chi connectivity index (χ2n) is 12.9. The summed E-state index contributed by atoms with van der Waals surface area (Å²) >= 11 is 1.83. The number of pyridine rings is 2. The normalized spacial score (nSPS) is 13.6.